The van der Waals surface area contributed by atoms with Crippen LogP contribution >= 0.6 is 34.7 Å². The van der Waals surface area contributed by atoms with Crippen molar-refractivity contribution in [3.05, 3.63) is 46.5 Å². The molecular formula is C18H17ClN2OS2. The molecule has 0 N–H and O–H groups in total. The zero-order valence-corrected chi connectivity index (χ0v) is 15.5. The van der Waals surface area contributed by atoms with Crippen molar-refractivity contribution in [1.82, 2.24) is 9.88 Å². The lowest BCUT2D eigenvalue weighted by atomic mass is 9.94. The molecule has 2 aliphatic rings. The number of aromatic nitrogens is 1. The van der Waals surface area contributed by atoms with Crippen LogP contribution in [0.5, 0.6) is 0 Å². The smallest absolute Gasteiger partial charge is 0.251 e. The number of thiophene rings is 1. The molecule has 0 radical (unpaired) electrons. The van der Waals surface area contributed by atoms with E-state index in [9.17, 15) is 4.79 Å². The van der Waals surface area contributed by atoms with E-state index in [0.717, 1.165) is 58.4 Å². The van der Waals surface area contributed by atoms with Crippen molar-refractivity contribution in [3.8, 4) is 10.6 Å². The van der Waals surface area contributed by atoms with E-state index in [0.29, 0.717) is 11.5 Å². The highest BCUT2D eigenvalue weighted by Crippen LogP contribution is 2.36. The number of hydrogen-bond donors (Lipinski definition) is 0. The van der Waals surface area contributed by atoms with Crippen LogP contribution in [0.15, 0.2) is 35.2 Å². The summed E-state index contributed by atoms with van der Waals surface area (Å²) in [5, 5.41) is 2.64. The number of hydrogen-bond acceptors (Lipinski definition) is 4. The van der Waals surface area contributed by atoms with Gasteiger partial charge in [0.2, 0.25) is 0 Å². The Labute approximate surface area is 154 Å². The first-order valence-corrected chi connectivity index (χ1v) is 10.4. The van der Waals surface area contributed by atoms with Gasteiger partial charge < -0.3 is 4.90 Å². The van der Waals surface area contributed by atoms with Crippen molar-refractivity contribution in [3.63, 3.8) is 0 Å². The molecule has 3 nitrogen and oxygen atoms in total. The largest absolute Gasteiger partial charge is 0.337 e. The summed E-state index contributed by atoms with van der Waals surface area (Å²) in [5.41, 5.74) is 3.65. The Balaban J connectivity index is 1.65. The summed E-state index contributed by atoms with van der Waals surface area (Å²) >= 11 is 10.2. The highest BCUT2D eigenvalue weighted by molar-refractivity contribution is 7.99. The minimum atomic E-state index is 0.105. The van der Waals surface area contributed by atoms with Crippen molar-refractivity contribution in [2.45, 2.75) is 12.8 Å². The number of rotatable bonds is 2. The number of fused-ring (bicyclic) bond motifs is 1. The molecule has 6 heteroatoms. The molecule has 2 aromatic rings. The van der Waals surface area contributed by atoms with Gasteiger partial charge in [-0.3, -0.25) is 9.78 Å². The summed E-state index contributed by atoms with van der Waals surface area (Å²) in [6.45, 7) is 1.64. The molecular weight excluding hydrogens is 360 g/mol. The van der Waals surface area contributed by atoms with Gasteiger partial charge in [-0.25, -0.2) is 0 Å². The minimum Gasteiger partial charge on any atom is -0.337 e. The fourth-order valence-corrected chi connectivity index (χ4v) is 5.07. The predicted molar refractivity (Wildman–Crippen MR) is 103 cm³/mol. The van der Waals surface area contributed by atoms with Gasteiger partial charge in [0.05, 0.1) is 21.3 Å². The second-order valence-electron chi connectivity index (χ2n) is 5.87. The van der Waals surface area contributed by atoms with E-state index in [1.54, 1.807) is 11.3 Å². The molecule has 0 saturated carbocycles. The summed E-state index contributed by atoms with van der Waals surface area (Å²) in [4.78, 5) is 20.7. The Hall–Kier alpha value is -1.30. The van der Waals surface area contributed by atoms with Gasteiger partial charge in [-0.15, -0.1) is 11.3 Å². The average molecular weight is 377 g/mol. The third kappa shape index (κ3) is 3.01. The first-order valence-electron chi connectivity index (χ1n) is 8.04. The number of carbonyl (C=O) groups excluding carboxylic acids is 1. The van der Waals surface area contributed by atoms with Gasteiger partial charge in [0.15, 0.2) is 0 Å². The molecule has 0 atom stereocenters. The summed E-state index contributed by atoms with van der Waals surface area (Å²) in [6, 6.07) is 8.11. The van der Waals surface area contributed by atoms with Crippen molar-refractivity contribution in [2.24, 2.45) is 0 Å². The lowest BCUT2D eigenvalue weighted by Gasteiger charge is -2.29. The molecule has 24 heavy (non-hydrogen) atoms. The second-order valence-corrected chi connectivity index (χ2v) is 8.42. The van der Waals surface area contributed by atoms with Gasteiger partial charge in [0.25, 0.3) is 5.91 Å². The quantitative estimate of drug-likeness (QED) is 0.784. The summed E-state index contributed by atoms with van der Waals surface area (Å²) in [7, 11) is 0. The van der Waals surface area contributed by atoms with E-state index in [1.165, 1.54) is 0 Å². The standard InChI is InChI=1S/C18H17ClN2OS2/c19-17-12-3-6-15(16-2-1-9-24-16)20-14(12)5-4-13(17)18(22)21-7-10-23-11-8-21/h1-3,6,9H,4-5,7-8,10-11H2. The zero-order valence-electron chi connectivity index (χ0n) is 13.1. The van der Waals surface area contributed by atoms with E-state index in [2.05, 4.69) is 11.4 Å². The molecule has 0 bridgehead atoms. The lowest BCUT2D eigenvalue weighted by Crippen LogP contribution is -2.39. The Bertz CT molecular complexity index is 795. The van der Waals surface area contributed by atoms with Crippen molar-refractivity contribution in [1.29, 1.82) is 0 Å². The summed E-state index contributed by atoms with van der Waals surface area (Å²) in [5.74, 6) is 2.13. The van der Waals surface area contributed by atoms with Gasteiger partial charge in [-0.05, 0) is 36.4 Å². The highest BCUT2D eigenvalue weighted by atomic mass is 35.5. The maximum Gasteiger partial charge on any atom is 0.251 e. The van der Waals surface area contributed by atoms with Gasteiger partial charge in [0, 0.05) is 35.7 Å². The summed E-state index contributed by atoms with van der Waals surface area (Å²) in [6.07, 6.45) is 1.45. The fraction of sp³-hybridized carbons (Fsp3) is 0.333. The predicted octanol–water partition coefficient (Wildman–Crippen LogP) is 4.28. The number of pyridine rings is 1. The normalized spacial score (nSPS) is 17.8. The molecule has 1 saturated heterocycles. The molecule has 0 unspecified atom stereocenters. The van der Waals surface area contributed by atoms with E-state index >= 15 is 0 Å². The Kier molecular flexibility index (Phi) is 4.66. The van der Waals surface area contributed by atoms with Crippen molar-refractivity contribution < 1.29 is 4.79 Å². The number of amides is 1. The Morgan fingerprint density at radius 1 is 1.17 bits per heavy atom. The number of carbonyl (C=O) groups is 1. The van der Waals surface area contributed by atoms with Crippen LogP contribution in [0.4, 0.5) is 0 Å². The number of halogens is 1. The molecule has 0 spiro atoms. The van der Waals surface area contributed by atoms with E-state index in [-0.39, 0.29) is 5.91 Å². The SMILES string of the molecule is O=C(C1=C(Cl)c2ccc(-c3cccs3)nc2CC1)N1CCSCC1. The minimum absolute atomic E-state index is 0.105. The fourth-order valence-electron chi connectivity index (χ4n) is 3.13. The highest BCUT2D eigenvalue weighted by Gasteiger charge is 2.27. The van der Waals surface area contributed by atoms with Crippen LogP contribution in [-0.2, 0) is 11.2 Å². The lowest BCUT2D eigenvalue weighted by molar-refractivity contribution is -0.126. The van der Waals surface area contributed by atoms with E-state index < -0.39 is 0 Å². The maximum absolute atomic E-state index is 12.8. The van der Waals surface area contributed by atoms with Crippen LogP contribution in [0.25, 0.3) is 15.6 Å². The zero-order chi connectivity index (χ0) is 16.5. The van der Waals surface area contributed by atoms with Crippen LogP contribution in [0, 0.1) is 0 Å². The molecule has 4 rings (SSSR count). The van der Waals surface area contributed by atoms with Crippen LogP contribution < -0.4 is 0 Å². The first-order chi connectivity index (χ1) is 11.7. The Morgan fingerprint density at radius 3 is 2.75 bits per heavy atom. The molecule has 1 amide bonds. The molecule has 1 fully saturated rings. The van der Waals surface area contributed by atoms with E-state index in [4.69, 9.17) is 16.6 Å². The van der Waals surface area contributed by atoms with Gasteiger partial charge in [-0.1, -0.05) is 17.7 Å². The molecule has 2 aromatic heterocycles. The average Bonchev–Trinajstić information content (AvgIpc) is 3.17. The van der Waals surface area contributed by atoms with Crippen molar-refractivity contribution in [2.75, 3.05) is 24.6 Å². The second kappa shape index (κ2) is 6.90. The number of aryl methyl sites for hydroxylation is 1. The molecule has 1 aliphatic carbocycles. The molecule has 124 valence electrons. The molecule has 0 aromatic carbocycles. The van der Waals surface area contributed by atoms with Gasteiger partial charge in [-0.2, -0.15) is 11.8 Å². The van der Waals surface area contributed by atoms with Crippen LogP contribution in [0.1, 0.15) is 17.7 Å². The number of nitrogens with zero attached hydrogens (tertiary/aromatic N) is 2. The van der Waals surface area contributed by atoms with Crippen LogP contribution in [0.2, 0.25) is 0 Å². The maximum atomic E-state index is 12.8. The van der Waals surface area contributed by atoms with Crippen LogP contribution in [0.3, 0.4) is 0 Å². The van der Waals surface area contributed by atoms with E-state index in [1.807, 2.05) is 34.9 Å². The van der Waals surface area contributed by atoms with Gasteiger partial charge >= 0.3 is 0 Å². The number of thioether (sulfide) groups is 1. The topological polar surface area (TPSA) is 33.2 Å². The first kappa shape index (κ1) is 16.2. The third-order valence-corrected chi connectivity index (χ3v) is 6.68. The van der Waals surface area contributed by atoms with Crippen molar-refractivity contribution >= 4 is 45.6 Å². The van der Waals surface area contributed by atoms with Crippen LogP contribution in [-0.4, -0.2) is 40.4 Å². The monoisotopic (exact) mass is 376 g/mol. The van der Waals surface area contributed by atoms with Gasteiger partial charge in [0.1, 0.15) is 0 Å². The molecule has 1 aliphatic heterocycles. The third-order valence-electron chi connectivity index (χ3n) is 4.42. The molecule has 3 heterocycles. The summed E-state index contributed by atoms with van der Waals surface area (Å²) < 4.78 is 0. The Morgan fingerprint density at radius 2 is 2.00 bits per heavy atom.